The number of hydrogen-bond donors (Lipinski definition) is 3. The van der Waals surface area contributed by atoms with E-state index in [2.05, 4.69) is 22.0 Å². The largest absolute Gasteiger partial charge is 0.444 e. The van der Waals surface area contributed by atoms with Crippen molar-refractivity contribution in [2.45, 2.75) is 52.6 Å². The second-order valence-electron chi connectivity index (χ2n) is 8.34. The van der Waals surface area contributed by atoms with Gasteiger partial charge in [0, 0.05) is 30.8 Å². The third-order valence-corrected chi connectivity index (χ3v) is 4.20. The van der Waals surface area contributed by atoms with Gasteiger partial charge in [0.2, 0.25) is 11.8 Å². The molecule has 0 saturated heterocycles. The predicted octanol–water partition coefficient (Wildman–Crippen LogP) is 4.42. The third-order valence-electron chi connectivity index (χ3n) is 4.20. The highest BCUT2D eigenvalue weighted by molar-refractivity contribution is 5.93. The van der Waals surface area contributed by atoms with Crippen LogP contribution in [0.2, 0.25) is 0 Å². The van der Waals surface area contributed by atoms with Crippen LogP contribution in [0.4, 0.5) is 16.2 Å². The molecule has 0 bridgehead atoms. The van der Waals surface area contributed by atoms with Crippen LogP contribution in [-0.4, -0.2) is 30.1 Å². The van der Waals surface area contributed by atoms with E-state index in [0.29, 0.717) is 24.2 Å². The zero-order valence-corrected chi connectivity index (χ0v) is 18.6. The molecule has 0 saturated carbocycles. The van der Waals surface area contributed by atoms with Crippen molar-refractivity contribution in [2.24, 2.45) is 0 Å². The Balaban J connectivity index is 1.71. The number of rotatable bonds is 8. The lowest BCUT2D eigenvalue weighted by Gasteiger charge is -2.19. The Morgan fingerprint density at radius 3 is 2.00 bits per heavy atom. The lowest BCUT2D eigenvalue weighted by Crippen LogP contribution is -2.34. The van der Waals surface area contributed by atoms with Crippen molar-refractivity contribution < 1.29 is 19.1 Å². The van der Waals surface area contributed by atoms with Gasteiger partial charge in [-0.05, 0) is 63.9 Å². The molecule has 0 spiro atoms. The van der Waals surface area contributed by atoms with Crippen molar-refractivity contribution >= 4 is 29.3 Å². The number of nitrogens with one attached hydrogen (secondary N) is 3. The van der Waals surface area contributed by atoms with E-state index in [1.807, 2.05) is 25.1 Å². The minimum Gasteiger partial charge on any atom is -0.444 e. The van der Waals surface area contributed by atoms with Crippen molar-refractivity contribution in [3.8, 4) is 0 Å². The molecule has 166 valence electrons. The quantitative estimate of drug-likeness (QED) is 0.583. The van der Waals surface area contributed by atoms with Crippen molar-refractivity contribution in [3.05, 3.63) is 59.7 Å². The minimum atomic E-state index is -0.579. The number of carbonyl (C=O) groups is 3. The molecule has 0 radical (unpaired) electrons. The summed E-state index contributed by atoms with van der Waals surface area (Å²) in [6.07, 6.45) is 0.644. The second kappa shape index (κ2) is 11.2. The zero-order valence-electron chi connectivity index (χ0n) is 18.6. The molecule has 0 aliphatic rings. The van der Waals surface area contributed by atoms with Gasteiger partial charge < -0.3 is 20.7 Å². The normalized spacial score (nSPS) is 10.8. The van der Waals surface area contributed by atoms with Crippen molar-refractivity contribution in [2.75, 3.05) is 17.2 Å². The summed E-state index contributed by atoms with van der Waals surface area (Å²) in [6, 6.07) is 15.0. The minimum absolute atomic E-state index is 0.0634. The third kappa shape index (κ3) is 9.80. The Labute approximate surface area is 183 Å². The first-order valence-corrected chi connectivity index (χ1v) is 10.3. The summed E-state index contributed by atoms with van der Waals surface area (Å²) >= 11 is 0. The summed E-state index contributed by atoms with van der Waals surface area (Å²) in [5.74, 6) is -0.294. The maximum absolute atomic E-state index is 12.2. The van der Waals surface area contributed by atoms with Gasteiger partial charge >= 0.3 is 6.09 Å². The molecule has 0 atom stereocenters. The lowest BCUT2D eigenvalue weighted by molar-refractivity contribution is -0.117. The van der Waals surface area contributed by atoms with E-state index < -0.39 is 11.7 Å². The molecular formula is C24H31N3O4. The Morgan fingerprint density at radius 1 is 0.871 bits per heavy atom. The van der Waals surface area contributed by atoms with E-state index in [1.54, 1.807) is 45.0 Å². The summed E-state index contributed by atoms with van der Waals surface area (Å²) in [6.45, 7) is 7.53. The van der Waals surface area contributed by atoms with Crippen molar-refractivity contribution in [1.82, 2.24) is 5.32 Å². The van der Waals surface area contributed by atoms with Gasteiger partial charge in [0.05, 0.1) is 0 Å². The SMILES string of the molecule is Cc1cccc(CCC(=O)Nc2ccc(NC(=O)CCNC(=O)OC(C)(C)C)cc2)c1. The van der Waals surface area contributed by atoms with Crippen LogP contribution in [0.15, 0.2) is 48.5 Å². The first-order chi connectivity index (χ1) is 14.6. The van der Waals surface area contributed by atoms with E-state index in [0.717, 1.165) is 5.56 Å². The Kier molecular flexibility index (Phi) is 8.61. The molecule has 0 unspecified atom stereocenters. The van der Waals surface area contributed by atoms with Crippen LogP contribution < -0.4 is 16.0 Å². The first-order valence-electron chi connectivity index (χ1n) is 10.3. The summed E-state index contributed by atoms with van der Waals surface area (Å²) in [5.41, 5.74) is 3.01. The molecule has 0 aromatic heterocycles. The number of amides is 3. The van der Waals surface area contributed by atoms with E-state index in [-0.39, 0.29) is 24.8 Å². The average molecular weight is 426 g/mol. The maximum Gasteiger partial charge on any atom is 0.407 e. The van der Waals surface area contributed by atoms with E-state index in [1.165, 1.54) is 5.56 Å². The fourth-order valence-electron chi connectivity index (χ4n) is 2.80. The summed E-state index contributed by atoms with van der Waals surface area (Å²) < 4.78 is 5.11. The fourth-order valence-corrected chi connectivity index (χ4v) is 2.80. The van der Waals surface area contributed by atoms with Gasteiger partial charge in [-0.15, -0.1) is 0 Å². The van der Waals surface area contributed by atoms with Crippen LogP contribution in [0.3, 0.4) is 0 Å². The Hall–Kier alpha value is -3.35. The molecule has 7 nitrogen and oxygen atoms in total. The standard InChI is InChI=1S/C24H31N3O4/c1-17-6-5-7-18(16-17)8-13-21(28)26-19-9-11-20(12-10-19)27-22(29)14-15-25-23(30)31-24(2,3)4/h5-7,9-12,16H,8,13-15H2,1-4H3,(H,25,30)(H,26,28)(H,27,29). The van der Waals surface area contributed by atoms with Crippen LogP contribution in [0, 0.1) is 6.92 Å². The highest BCUT2D eigenvalue weighted by atomic mass is 16.6. The molecule has 3 amide bonds. The Bertz CT molecular complexity index is 902. The van der Waals surface area contributed by atoms with Gasteiger partial charge in [0.15, 0.2) is 0 Å². The molecule has 2 rings (SSSR count). The second-order valence-corrected chi connectivity index (χ2v) is 8.34. The summed E-state index contributed by atoms with van der Waals surface area (Å²) in [5, 5.41) is 8.16. The van der Waals surface area contributed by atoms with E-state index >= 15 is 0 Å². The van der Waals surface area contributed by atoms with Gasteiger partial charge in [0.25, 0.3) is 0 Å². The molecule has 31 heavy (non-hydrogen) atoms. The van der Waals surface area contributed by atoms with E-state index in [4.69, 9.17) is 4.74 Å². The number of benzene rings is 2. The molecule has 2 aromatic carbocycles. The number of ether oxygens (including phenoxy) is 1. The van der Waals surface area contributed by atoms with Crippen molar-refractivity contribution in [1.29, 1.82) is 0 Å². The molecule has 7 heteroatoms. The van der Waals surface area contributed by atoms with Gasteiger partial charge in [-0.1, -0.05) is 29.8 Å². The summed E-state index contributed by atoms with van der Waals surface area (Å²) in [7, 11) is 0. The smallest absolute Gasteiger partial charge is 0.407 e. The molecule has 2 aromatic rings. The van der Waals surface area contributed by atoms with Crippen LogP contribution in [0.25, 0.3) is 0 Å². The van der Waals surface area contributed by atoms with Crippen LogP contribution in [0.5, 0.6) is 0 Å². The van der Waals surface area contributed by atoms with Gasteiger partial charge in [-0.3, -0.25) is 9.59 Å². The number of hydrogen-bond acceptors (Lipinski definition) is 4. The number of anilines is 2. The highest BCUT2D eigenvalue weighted by Crippen LogP contribution is 2.15. The summed E-state index contributed by atoms with van der Waals surface area (Å²) in [4.78, 5) is 35.7. The average Bonchev–Trinajstić information content (AvgIpc) is 2.66. The zero-order chi connectivity index (χ0) is 22.9. The molecule has 0 aliphatic carbocycles. The Morgan fingerprint density at radius 2 is 1.45 bits per heavy atom. The van der Waals surface area contributed by atoms with Crippen LogP contribution in [-0.2, 0) is 20.7 Å². The number of alkyl carbamates (subject to hydrolysis) is 1. The van der Waals surface area contributed by atoms with Gasteiger partial charge in [-0.25, -0.2) is 4.79 Å². The first kappa shape index (κ1) is 23.9. The van der Waals surface area contributed by atoms with Crippen molar-refractivity contribution in [3.63, 3.8) is 0 Å². The maximum atomic E-state index is 12.2. The lowest BCUT2D eigenvalue weighted by atomic mass is 10.1. The van der Waals surface area contributed by atoms with Crippen LogP contribution >= 0.6 is 0 Å². The molecule has 0 fully saturated rings. The monoisotopic (exact) mass is 425 g/mol. The number of aryl methyl sites for hydroxylation is 2. The predicted molar refractivity (Wildman–Crippen MR) is 122 cm³/mol. The molecule has 3 N–H and O–H groups in total. The molecule has 0 aliphatic heterocycles. The van der Waals surface area contributed by atoms with Gasteiger partial charge in [-0.2, -0.15) is 0 Å². The topological polar surface area (TPSA) is 96.5 Å². The van der Waals surface area contributed by atoms with Gasteiger partial charge in [0.1, 0.15) is 5.60 Å². The van der Waals surface area contributed by atoms with Crippen LogP contribution in [0.1, 0.15) is 44.7 Å². The number of carbonyl (C=O) groups excluding carboxylic acids is 3. The fraction of sp³-hybridized carbons (Fsp3) is 0.375. The molecule has 0 heterocycles. The highest BCUT2D eigenvalue weighted by Gasteiger charge is 2.15. The molecular weight excluding hydrogens is 394 g/mol. The van der Waals surface area contributed by atoms with E-state index in [9.17, 15) is 14.4 Å².